The third-order valence-corrected chi connectivity index (χ3v) is 3.28. The fourth-order valence-electron chi connectivity index (χ4n) is 2.02. The monoisotopic (exact) mass is 274 g/mol. The predicted molar refractivity (Wildman–Crippen MR) is 76.3 cm³/mol. The van der Waals surface area contributed by atoms with Gasteiger partial charge >= 0.3 is 0 Å². The first-order valence-corrected chi connectivity index (χ1v) is 6.45. The van der Waals surface area contributed by atoms with Crippen LogP contribution < -0.4 is 0 Å². The maximum atomic E-state index is 10.6. The van der Waals surface area contributed by atoms with Gasteiger partial charge in [0.25, 0.3) is 5.69 Å². The minimum absolute atomic E-state index is 0.136. The Bertz CT molecular complexity index is 577. The fraction of sp³-hybridized carbons (Fsp3) is 0.357. The molecule has 106 valence electrons. The van der Waals surface area contributed by atoms with E-state index in [1.54, 1.807) is 18.3 Å². The molecule has 1 heterocycles. The van der Waals surface area contributed by atoms with Crippen molar-refractivity contribution in [2.75, 3.05) is 13.6 Å². The van der Waals surface area contributed by atoms with Gasteiger partial charge in [0.1, 0.15) is 0 Å². The molecule has 0 amide bonds. The highest BCUT2D eigenvalue weighted by Gasteiger charge is 2.06. The smallest absolute Gasteiger partial charge is 0.269 e. The van der Waals surface area contributed by atoms with Crippen LogP contribution in [0.1, 0.15) is 11.3 Å². The second-order valence-corrected chi connectivity index (χ2v) is 4.86. The fourth-order valence-corrected chi connectivity index (χ4v) is 2.02. The van der Waals surface area contributed by atoms with Gasteiger partial charge in [-0.25, -0.2) is 0 Å². The van der Waals surface area contributed by atoms with E-state index in [-0.39, 0.29) is 10.6 Å². The number of nitro benzene ring substituents is 1. The van der Waals surface area contributed by atoms with E-state index in [0.717, 1.165) is 30.8 Å². The summed E-state index contributed by atoms with van der Waals surface area (Å²) in [5.74, 6) is 0. The summed E-state index contributed by atoms with van der Waals surface area (Å²) in [7, 11) is 3.98. The van der Waals surface area contributed by atoms with Crippen LogP contribution >= 0.6 is 0 Å². The molecule has 0 aliphatic heterocycles. The third kappa shape index (κ3) is 3.64. The van der Waals surface area contributed by atoms with E-state index in [1.807, 2.05) is 29.9 Å². The van der Waals surface area contributed by atoms with Gasteiger partial charge in [-0.3, -0.25) is 14.8 Å². The zero-order valence-electron chi connectivity index (χ0n) is 11.7. The van der Waals surface area contributed by atoms with Crippen LogP contribution in [0.4, 0.5) is 5.69 Å². The topological polar surface area (TPSA) is 64.2 Å². The molecule has 1 aromatic heterocycles. The van der Waals surface area contributed by atoms with Crippen molar-refractivity contribution in [3.63, 3.8) is 0 Å². The van der Waals surface area contributed by atoms with Gasteiger partial charge in [0.05, 0.1) is 10.6 Å². The van der Waals surface area contributed by atoms with Gasteiger partial charge in [-0.1, -0.05) is 12.1 Å². The van der Waals surface area contributed by atoms with E-state index >= 15 is 0 Å². The predicted octanol–water partition coefficient (Wildman–Crippen LogP) is 2.00. The normalized spacial score (nSPS) is 10.9. The van der Waals surface area contributed by atoms with E-state index < -0.39 is 0 Å². The van der Waals surface area contributed by atoms with E-state index in [1.165, 1.54) is 0 Å². The van der Waals surface area contributed by atoms with Crippen molar-refractivity contribution in [3.8, 4) is 0 Å². The molecule has 2 aromatic rings. The van der Waals surface area contributed by atoms with Gasteiger partial charge in [-0.2, -0.15) is 5.10 Å². The molecular weight excluding hydrogens is 256 g/mol. The van der Waals surface area contributed by atoms with Crippen LogP contribution in [0.5, 0.6) is 0 Å². The molecular formula is C14H18N4O2. The van der Waals surface area contributed by atoms with Gasteiger partial charge in [-0.15, -0.1) is 0 Å². The molecule has 0 unspecified atom stereocenters. The first-order chi connectivity index (χ1) is 9.56. The van der Waals surface area contributed by atoms with Gasteiger partial charge < -0.3 is 4.90 Å². The molecule has 0 atom stereocenters. The van der Waals surface area contributed by atoms with E-state index in [0.29, 0.717) is 0 Å². The van der Waals surface area contributed by atoms with Crippen LogP contribution in [0.25, 0.3) is 0 Å². The summed E-state index contributed by atoms with van der Waals surface area (Å²) in [6.45, 7) is 1.73. The first-order valence-electron chi connectivity index (χ1n) is 6.45. The Morgan fingerprint density at radius 2 is 2.00 bits per heavy atom. The second-order valence-electron chi connectivity index (χ2n) is 4.86. The lowest BCUT2D eigenvalue weighted by atomic mass is 10.1. The number of nitrogens with zero attached hydrogens (tertiary/aromatic N) is 4. The summed E-state index contributed by atoms with van der Waals surface area (Å²) in [5, 5.41) is 14.7. The van der Waals surface area contributed by atoms with Gasteiger partial charge in [0.2, 0.25) is 0 Å². The first kappa shape index (κ1) is 14.2. The van der Waals surface area contributed by atoms with E-state index in [9.17, 15) is 10.1 Å². The molecule has 0 N–H and O–H groups in total. The quantitative estimate of drug-likeness (QED) is 0.597. The zero-order chi connectivity index (χ0) is 14.5. The summed E-state index contributed by atoms with van der Waals surface area (Å²) in [6.07, 6.45) is 2.66. The van der Waals surface area contributed by atoms with E-state index in [4.69, 9.17) is 0 Å². The van der Waals surface area contributed by atoms with Gasteiger partial charge in [0.15, 0.2) is 0 Å². The van der Waals surface area contributed by atoms with Crippen LogP contribution in [0, 0.1) is 10.1 Å². The Labute approximate surface area is 117 Å². The van der Waals surface area contributed by atoms with Gasteiger partial charge in [0, 0.05) is 38.5 Å². The van der Waals surface area contributed by atoms with Crippen molar-refractivity contribution in [3.05, 3.63) is 57.9 Å². The molecule has 6 heteroatoms. The van der Waals surface area contributed by atoms with Crippen LogP contribution in [0.15, 0.2) is 36.5 Å². The number of hydrogen-bond acceptors (Lipinski definition) is 4. The van der Waals surface area contributed by atoms with Crippen LogP contribution in [-0.2, 0) is 20.0 Å². The molecule has 0 radical (unpaired) electrons. The number of nitro groups is 1. The summed E-state index contributed by atoms with van der Waals surface area (Å²) < 4.78 is 1.86. The van der Waals surface area contributed by atoms with Crippen molar-refractivity contribution in [2.45, 2.75) is 13.0 Å². The minimum Gasteiger partial charge on any atom is -0.300 e. The number of likely N-dealkylation sites (N-methyl/N-ethyl adjacent to an activating group) is 1. The van der Waals surface area contributed by atoms with Crippen molar-refractivity contribution in [1.82, 2.24) is 14.7 Å². The molecule has 0 saturated heterocycles. The van der Waals surface area contributed by atoms with Crippen molar-refractivity contribution < 1.29 is 4.92 Å². The largest absolute Gasteiger partial charge is 0.300 e. The average molecular weight is 274 g/mol. The number of aryl methyl sites for hydroxylation is 1. The Hall–Kier alpha value is -2.21. The molecule has 0 saturated carbocycles. The standard InChI is InChI=1S/C14H18N4O2/c1-16(11-14-7-9-15-17(14)2)10-8-12-3-5-13(6-4-12)18(19)20/h3-7,9H,8,10-11H2,1-2H3. The summed E-state index contributed by atoms with van der Waals surface area (Å²) in [5.41, 5.74) is 2.40. The van der Waals surface area contributed by atoms with Crippen molar-refractivity contribution >= 4 is 5.69 Å². The minimum atomic E-state index is -0.377. The number of rotatable bonds is 6. The lowest BCUT2D eigenvalue weighted by Crippen LogP contribution is -2.22. The Balaban J connectivity index is 1.85. The lowest BCUT2D eigenvalue weighted by Gasteiger charge is -2.16. The highest BCUT2D eigenvalue weighted by atomic mass is 16.6. The van der Waals surface area contributed by atoms with Crippen molar-refractivity contribution in [2.24, 2.45) is 7.05 Å². The second kappa shape index (κ2) is 6.29. The third-order valence-electron chi connectivity index (χ3n) is 3.28. The molecule has 0 aliphatic rings. The zero-order valence-corrected chi connectivity index (χ0v) is 11.7. The Morgan fingerprint density at radius 1 is 1.30 bits per heavy atom. The molecule has 1 aromatic carbocycles. The average Bonchev–Trinajstić information content (AvgIpc) is 2.82. The summed E-state index contributed by atoms with van der Waals surface area (Å²) in [6, 6.07) is 8.74. The number of benzene rings is 1. The molecule has 0 fully saturated rings. The van der Waals surface area contributed by atoms with Crippen LogP contribution in [-0.4, -0.2) is 33.2 Å². The highest BCUT2D eigenvalue weighted by molar-refractivity contribution is 5.32. The van der Waals surface area contributed by atoms with Gasteiger partial charge in [-0.05, 0) is 25.1 Å². The molecule has 0 bridgehead atoms. The van der Waals surface area contributed by atoms with E-state index in [2.05, 4.69) is 17.0 Å². The van der Waals surface area contributed by atoms with Crippen molar-refractivity contribution in [1.29, 1.82) is 0 Å². The molecule has 20 heavy (non-hydrogen) atoms. The van der Waals surface area contributed by atoms with Crippen LogP contribution in [0.3, 0.4) is 0 Å². The maximum Gasteiger partial charge on any atom is 0.269 e. The Kier molecular flexibility index (Phi) is 4.47. The number of hydrogen-bond donors (Lipinski definition) is 0. The lowest BCUT2D eigenvalue weighted by molar-refractivity contribution is -0.384. The molecule has 2 rings (SSSR count). The molecule has 6 nitrogen and oxygen atoms in total. The highest BCUT2D eigenvalue weighted by Crippen LogP contribution is 2.12. The summed E-state index contributed by atoms with van der Waals surface area (Å²) in [4.78, 5) is 12.4. The maximum absolute atomic E-state index is 10.6. The Morgan fingerprint density at radius 3 is 2.55 bits per heavy atom. The molecule has 0 aliphatic carbocycles. The summed E-state index contributed by atoms with van der Waals surface area (Å²) >= 11 is 0. The van der Waals surface area contributed by atoms with Crippen LogP contribution in [0.2, 0.25) is 0 Å². The SMILES string of the molecule is CN(CCc1ccc([N+](=O)[O-])cc1)Cc1ccnn1C. The number of aromatic nitrogens is 2. The molecule has 0 spiro atoms. The number of non-ortho nitro benzene ring substituents is 1.